The van der Waals surface area contributed by atoms with E-state index in [1.165, 1.54) is 0 Å². The Labute approximate surface area is 89.9 Å². The molecule has 0 saturated heterocycles. The van der Waals surface area contributed by atoms with Crippen LogP contribution in [0.1, 0.15) is 17.5 Å². The van der Waals surface area contributed by atoms with Gasteiger partial charge in [-0.25, -0.2) is 0 Å². The van der Waals surface area contributed by atoms with Gasteiger partial charge in [0.1, 0.15) is 5.75 Å². The summed E-state index contributed by atoms with van der Waals surface area (Å²) in [7, 11) is 0. The van der Waals surface area contributed by atoms with Crippen molar-refractivity contribution in [1.29, 1.82) is 5.26 Å². The van der Waals surface area contributed by atoms with Crippen LogP contribution in [0, 0.1) is 18.3 Å². The molecule has 0 fully saturated rings. The summed E-state index contributed by atoms with van der Waals surface area (Å²) in [5.41, 5.74) is 1.69. The van der Waals surface area contributed by atoms with E-state index in [9.17, 15) is 0 Å². The summed E-state index contributed by atoms with van der Waals surface area (Å²) in [6.45, 7) is 2.62. The zero-order chi connectivity index (χ0) is 10.4. The Morgan fingerprint density at radius 2 is 2.29 bits per heavy atom. The topological polar surface area (TPSA) is 33.0 Å². The van der Waals surface area contributed by atoms with E-state index in [-0.39, 0.29) is 0 Å². The smallest absolute Gasteiger partial charge is 0.123 e. The maximum atomic E-state index is 8.71. The van der Waals surface area contributed by atoms with Crippen LogP contribution in [0.5, 0.6) is 5.75 Å². The maximum Gasteiger partial charge on any atom is 0.123 e. The fraction of sp³-hybridized carbons (Fsp3) is 0.364. The van der Waals surface area contributed by atoms with Crippen molar-refractivity contribution in [2.45, 2.75) is 13.3 Å². The van der Waals surface area contributed by atoms with Crippen LogP contribution in [0.15, 0.2) is 18.2 Å². The molecule has 0 amide bonds. The van der Waals surface area contributed by atoms with Crippen LogP contribution in [-0.4, -0.2) is 12.4 Å². The fourth-order valence-electron chi connectivity index (χ4n) is 1.07. The minimum Gasteiger partial charge on any atom is -0.493 e. The van der Waals surface area contributed by atoms with Crippen LogP contribution < -0.4 is 4.74 Å². The van der Waals surface area contributed by atoms with E-state index in [2.05, 4.69) is 18.7 Å². The van der Waals surface area contributed by atoms with E-state index in [0.717, 1.165) is 23.5 Å². The molecule has 0 atom stereocenters. The number of benzene rings is 1. The lowest BCUT2D eigenvalue weighted by Crippen LogP contribution is -1.99. The third-order valence-electron chi connectivity index (χ3n) is 1.88. The van der Waals surface area contributed by atoms with E-state index in [0.29, 0.717) is 12.2 Å². The van der Waals surface area contributed by atoms with Gasteiger partial charge in [-0.2, -0.15) is 17.9 Å². The van der Waals surface area contributed by atoms with Gasteiger partial charge in [-0.1, -0.05) is 6.07 Å². The molecule has 0 saturated carbocycles. The average molecular weight is 207 g/mol. The number of thiol groups is 1. The summed E-state index contributed by atoms with van der Waals surface area (Å²) in [6, 6.07) is 7.55. The van der Waals surface area contributed by atoms with Crippen LogP contribution in [0.3, 0.4) is 0 Å². The minimum atomic E-state index is 0.636. The molecule has 0 bridgehead atoms. The third-order valence-corrected chi connectivity index (χ3v) is 2.19. The predicted octanol–water partition coefficient (Wildman–Crippen LogP) is 2.57. The molecule has 0 spiro atoms. The molecule has 2 nitrogen and oxygen atoms in total. The zero-order valence-electron chi connectivity index (χ0n) is 8.16. The second kappa shape index (κ2) is 5.56. The number of hydrogen-bond acceptors (Lipinski definition) is 3. The predicted molar refractivity (Wildman–Crippen MR) is 59.9 cm³/mol. The van der Waals surface area contributed by atoms with Crippen molar-refractivity contribution in [2.24, 2.45) is 0 Å². The van der Waals surface area contributed by atoms with Gasteiger partial charge < -0.3 is 4.74 Å². The Bertz CT molecular complexity index is 344. The van der Waals surface area contributed by atoms with Crippen molar-refractivity contribution < 1.29 is 4.74 Å². The van der Waals surface area contributed by atoms with Crippen LogP contribution in [0.4, 0.5) is 0 Å². The first-order valence-corrected chi connectivity index (χ1v) is 5.15. The summed E-state index contributed by atoms with van der Waals surface area (Å²) in [5.74, 6) is 1.61. The Hall–Kier alpha value is -1.14. The molecule has 1 rings (SSSR count). The van der Waals surface area contributed by atoms with E-state index in [1.54, 1.807) is 12.1 Å². The first kappa shape index (κ1) is 10.9. The van der Waals surface area contributed by atoms with Crippen LogP contribution >= 0.6 is 12.6 Å². The normalized spacial score (nSPS) is 9.50. The summed E-state index contributed by atoms with van der Waals surface area (Å²) in [6.07, 6.45) is 0.916. The molecule has 0 aliphatic heterocycles. The highest BCUT2D eigenvalue weighted by atomic mass is 32.1. The fourth-order valence-corrected chi connectivity index (χ4v) is 1.20. The van der Waals surface area contributed by atoms with Gasteiger partial charge in [-0.05, 0) is 36.8 Å². The summed E-state index contributed by atoms with van der Waals surface area (Å²) in [5, 5.41) is 8.71. The van der Waals surface area contributed by atoms with Gasteiger partial charge in [0.25, 0.3) is 0 Å². The number of ether oxygens (including phenoxy) is 1. The van der Waals surface area contributed by atoms with Gasteiger partial charge >= 0.3 is 0 Å². The SMILES string of the molecule is Cc1ccc(C#N)cc1OCCCS. The molecule has 0 unspecified atom stereocenters. The van der Waals surface area contributed by atoms with E-state index in [4.69, 9.17) is 10.00 Å². The Balaban J connectivity index is 2.70. The average Bonchev–Trinajstić information content (AvgIpc) is 2.21. The highest BCUT2D eigenvalue weighted by Gasteiger charge is 2.00. The van der Waals surface area contributed by atoms with Gasteiger partial charge in [0.2, 0.25) is 0 Å². The Kier molecular flexibility index (Phi) is 4.34. The van der Waals surface area contributed by atoms with Gasteiger partial charge in [-0.15, -0.1) is 0 Å². The molecule has 0 N–H and O–H groups in total. The highest BCUT2D eigenvalue weighted by molar-refractivity contribution is 7.80. The molecule has 0 heterocycles. The van der Waals surface area contributed by atoms with E-state index in [1.807, 2.05) is 13.0 Å². The Morgan fingerprint density at radius 3 is 2.93 bits per heavy atom. The van der Waals surface area contributed by atoms with Crippen molar-refractivity contribution in [3.8, 4) is 11.8 Å². The lowest BCUT2D eigenvalue weighted by Gasteiger charge is -2.08. The molecule has 3 heteroatoms. The Morgan fingerprint density at radius 1 is 1.50 bits per heavy atom. The van der Waals surface area contributed by atoms with E-state index < -0.39 is 0 Å². The molecule has 0 aromatic heterocycles. The second-order valence-electron chi connectivity index (χ2n) is 3.02. The van der Waals surface area contributed by atoms with Crippen molar-refractivity contribution in [1.82, 2.24) is 0 Å². The lowest BCUT2D eigenvalue weighted by molar-refractivity contribution is 0.316. The minimum absolute atomic E-state index is 0.636. The highest BCUT2D eigenvalue weighted by Crippen LogP contribution is 2.19. The first-order chi connectivity index (χ1) is 6.77. The van der Waals surface area contributed by atoms with Crippen molar-refractivity contribution >= 4 is 12.6 Å². The molecule has 1 aromatic carbocycles. The molecule has 74 valence electrons. The van der Waals surface area contributed by atoms with Crippen LogP contribution in [0.2, 0.25) is 0 Å². The zero-order valence-corrected chi connectivity index (χ0v) is 9.05. The van der Waals surface area contributed by atoms with Crippen LogP contribution in [-0.2, 0) is 0 Å². The molecule has 0 aliphatic carbocycles. The molecule has 14 heavy (non-hydrogen) atoms. The van der Waals surface area contributed by atoms with Crippen molar-refractivity contribution in [3.63, 3.8) is 0 Å². The molecular formula is C11H13NOS. The third kappa shape index (κ3) is 2.97. The summed E-state index contributed by atoms with van der Waals surface area (Å²) >= 11 is 4.10. The summed E-state index contributed by atoms with van der Waals surface area (Å²) < 4.78 is 5.52. The molecule has 0 aliphatic rings. The largest absolute Gasteiger partial charge is 0.493 e. The van der Waals surface area contributed by atoms with Gasteiger partial charge in [0, 0.05) is 0 Å². The van der Waals surface area contributed by atoms with Gasteiger partial charge in [0.05, 0.1) is 18.2 Å². The number of nitriles is 1. The number of hydrogen-bond donors (Lipinski definition) is 1. The molecule has 0 radical (unpaired) electrons. The number of nitrogens with zero attached hydrogens (tertiary/aromatic N) is 1. The van der Waals surface area contributed by atoms with Crippen molar-refractivity contribution in [3.05, 3.63) is 29.3 Å². The molecular weight excluding hydrogens is 194 g/mol. The first-order valence-electron chi connectivity index (χ1n) is 4.52. The second-order valence-corrected chi connectivity index (χ2v) is 3.46. The summed E-state index contributed by atoms with van der Waals surface area (Å²) in [4.78, 5) is 0. The standard InChI is InChI=1S/C11H13NOS/c1-9-3-4-10(8-12)7-11(9)13-5-2-6-14/h3-4,7,14H,2,5-6H2,1H3. The quantitative estimate of drug-likeness (QED) is 0.608. The van der Waals surface area contributed by atoms with Gasteiger partial charge in [0.15, 0.2) is 0 Å². The van der Waals surface area contributed by atoms with Gasteiger partial charge in [-0.3, -0.25) is 0 Å². The maximum absolute atomic E-state index is 8.71. The lowest BCUT2D eigenvalue weighted by atomic mass is 10.1. The van der Waals surface area contributed by atoms with E-state index >= 15 is 0 Å². The number of rotatable bonds is 4. The molecule has 1 aromatic rings. The monoisotopic (exact) mass is 207 g/mol. The number of aryl methyl sites for hydroxylation is 1. The van der Waals surface area contributed by atoms with Crippen molar-refractivity contribution in [2.75, 3.05) is 12.4 Å². The van der Waals surface area contributed by atoms with Crippen LogP contribution in [0.25, 0.3) is 0 Å².